The first kappa shape index (κ1) is 15.5. The maximum atomic E-state index is 12.1. The zero-order chi connectivity index (χ0) is 13.8. The second-order valence-corrected chi connectivity index (χ2v) is 7.93. The van der Waals surface area contributed by atoms with Gasteiger partial charge in [0.2, 0.25) is 0 Å². The monoisotopic (exact) mass is 330 g/mol. The largest absolute Gasteiger partial charge is 0.263 e. The first-order valence-corrected chi connectivity index (χ1v) is 7.68. The molecule has 0 aliphatic rings. The van der Waals surface area contributed by atoms with Crippen LogP contribution in [0.25, 0.3) is 0 Å². The maximum absolute atomic E-state index is 12.1. The molecule has 0 aromatic carbocycles. The molecule has 1 heterocycles. The van der Waals surface area contributed by atoms with Gasteiger partial charge < -0.3 is 0 Å². The molecule has 1 aromatic heterocycles. The van der Waals surface area contributed by atoms with E-state index in [1.54, 1.807) is 12.4 Å². The molecule has 100 valence electrons. The molecule has 1 aromatic rings. The second-order valence-electron chi connectivity index (χ2n) is 5.01. The lowest BCUT2D eigenvalue weighted by molar-refractivity contribution is 0.600. The van der Waals surface area contributed by atoms with Gasteiger partial charge in [0, 0.05) is 22.9 Å². The van der Waals surface area contributed by atoms with Crippen molar-refractivity contribution in [2.45, 2.75) is 38.0 Å². The Balaban J connectivity index is 2.90. The molecule has 5 heteroatoms. The minimum atomic E-state index is -1.12. The molecular formula is C13H19BrN2OS. The number of hydrogen-bond acceptors (Lipinski definition) is 2. The average molecular weight is 331 g/mol. The van der Waals surface area contributed by atoms with Gasteiger partial charge in [-0.2, -0.15) is 0 Å². The summed E-state index contributed by atoms with van der Waals surface area (Å²) in [6, 6.07) is 1.95. The number of pyridine rings is 1. The number of halogens is 1. The van der Waals surface area contributed by atoms with E-state index in [2.05, 4.69) is 32.2 Å². The SMILES string of the molecule is C=CCC(NS(=O)C(C)(C)C)c1cncc(Br)c1. The molecule has 0 saturated carbocycles. The summed E-state index contributed by atoms with van der Waals surface area (Å²) in [6.07, 6.45) is 6.04. The van der Waals surface area contributed by atoms with Crippen molar-refractivity contribution in [3.8, 4) is 0 Å². The average Bonchev–Trinajstić information content (AvgIpc) is 2.27. The highest BCUT2D eigenvalue weighted by atomic mass is 79.9. The lowest BCUT2D eigenvalue weighted by Crippen LogP contribution is -2.35. The van der Waals surface area contributed by atoms with Gasteiger partial charge in [-0.1, -0.05) is 6.08 Å². The molecule has 2 atom stereocenters. The smallest absolute Gasteiger partial charge is 0.0976 e. The topological polar surface area (TPSA) is 42.0 Å². The summed E-state index contributed by atoms with van der Waals surface area (Å²) in [5.41, 5.74) is 1.00. The van der Waals surface area contributed by atoms with Crippen molar-refractivity contribution in [2.75, 3.05) is 0 Å². The van der Waals surface area contributed by atoms with Gasteiger partial charge in [-0.25, -0.2) is 8.93 Å². The Kier molecular flexibility index (Phi) is 5.69. The van der Waals surface area contributed by atoms with Crippen LogP contribution in [-0.2, 0) is 11.0 Å². The lowest BCUT2D eigenvalue weighted by Gasteiger charge is -2.23. The van der Waals surface area contributed by atoms with Gasteiger partial charge in [-0.05, 0) is 54.8 Å². The van der Waals surface area contributed by atoms with Crippen molar-refractivity contribution in [3.63, 3.8) is 0 Å². The van der Waals surface area contributed by atoms with Gasteiger partial charge in [0.25, 0.3) is 0 Å². The summed E-state index contributed by atoms with van der Waals surface area (Å²) in [5, 5.41) is 0. The molecule has 3 nitrogen and oxygen atoms in total. The quantitative estimate of drug-likeness (QED) is 0.839. The predicted octanol–water partition coefficient (Wildman–Crippen LogP) is 3.51. The Morgan fingerprint density at radius 1 is 1.56 bits per heavy atom. The summed E-state index contributed by atoms with van der Waals surface area (Å²) in [7, 11) is -1.12. The fourth-order valence-corrected chi connectivity index (χ4v) is 2.57. The van der Waals surface area contributed by atoms with Crippen molar-refractivity contribution in [3.05, 3.63) is 41.2 Å². The molecule has 1 N–H and O–H groups in total. The normalized spacial score (nSPS) is 15.1. The zero-order valence-corrected chi connectivity index (χ0v) is 13.3. The van der Waals surface area contributed by atoms with Crippen LogP contribution in [0, 0.1) is 0 Å². The van der Waals surface area contributed by atoms with Crippen LogP contribution >= 0.6 is 15.9 Å². The summed E-state index contributed by atoms with van der Waals surface area (Å²) in [5.74, 6) is 0. The first-order chi connectivity index (χ1) is 8.34. The Labute approximate surface area is 120 Å². The van der Waals surface area contributed by atoms with Crippen LogP contribution in [0.4, 0.5) is 0 Å². The van der Waals surface area contributed by atoms with E-state index >= 15 is 0 Å². The zero-order valence-electron chi connectivity index (χ0n) is 10.9. The van der Waals surface area contributed by atoms with E-state index in [-0.39, 0.29) is 10.8 Å². The standard InChI is InChI=1S/C13H19BrN2OS/c1-5-6-12(16-18(17)13(2,3)4)10-7-11(14)9-15-8-10/h5,7-9,12,16H,1,6H2,2-4H3. The van der Waals surface area contributed by atoms with Crippen LogP contribution in [0.2, 0.25) is 0 Å². The molecule has 0 aliphatic heterocycles. The molecular weight excluding hydrogens is 312 g/mol. The van der Waals surface area contributed by atoms with Crippen LogP contribution < -0.4 is 4.72 Å². The van der Waals surface area contributed by atoms with Gasteiger partial charge in [-0.3, -0.25) is 4.98 Å². The Bertz CT molecular complexity index is 443. The first-order valence-electron chi connectivity index (χ1n) is 5.74. The van der Waals surface area contributed by atoms with Gasteiger partial charge in [-0.15, -0.1) is 6.58 Å². The van der Waals surface area contributed by atoms with Crippen molar-refractivity contribution < 1.29 is 4.21 Å². The lowest BCUT2D eigenvalue weighted by atomic mass is 10.1. The molecule has 0 saturated heterocycles. The maximum Gasteiger partial charge on any atom is 0.0976 e. The van der Waals surface area contributed by atoms with Crippen LogP contribution in [0.3, 0.4) is 0 Å². The van der Waals surface area contributed by atoms with Crippen molar-refractivity contribution >= 4 is 26.9 Å². The minimum Gasteiger partial charge on any atom is -0.263 e. The van der Waals surface area contributed by atoms with Crippen molar-refractivity contribution in [2.24, 2.45) is 0 Å². The van der Waals surface area contributed by atoms with E-state index in [1.165, 1.54) is 0 Å². The van der Waals surface area contributed by atoms with Crippen LogP contribution in [0.15, 0.2) is 35.6 Å². The van der Waals surface area contributed by atoms with Crippen molar-refractivity contribution in [1.82, 2.24) is 9.71 Å². The fraction of sp³-hybridized carbons (Fsp3) is 0.462. The Morgan fingerprint density at radius 3 is 2.72 bits per heavy atom. The highest BCUT2D eigenvalue weighted by molar-refractivity contribution is 9.10. The van der Waals surface area contributed by atoms with E-state index in [9.17, 15) is 4.21 Å². The minimum absolute atomic E-state index is 0.0347. The van der Waals surface area contributed by atoms with E-state index in [0.717, 1.165) is 10.0 Å². The Hall–Kier alpha value is -0.520. The van der Waals surface area contributed by atoms with E-state index < -0.39 is 11.0 Å². The third-order valence-electron chi connectivity index (χ3n) is 2.34. The molecule has 0 aliphatic carbocycles. The highest BCUT2D eigenvalue weighted by Gasteiger charge is 2.23. The van der Waals surface area contributed by atoms with Crippen molar-refractivity contribution in [1.29, 1.82) is 0 Å². The number of aromatic nitrogens is 1. The molecule has 18 heavy (non-hydrogen) atoms. The van der Waals surface area contributed by atoms with Gasteiger partial charge in [0.1, 0.15) is 0 Å². The third kappa shape index (κ3) is 4.63. The highest BCUT2D eigenvalue weighted by Crippen LogP contribution is 2.22. The van der Waals surface area contributed by atoms with E-state index in [0.29, 0.717) is 6.42 Å². The second kappa shape index (κ2) is 6.59. The van der Waals surface area contributed by atoms with E-state index in [4.69, 9.17) is 0 Å². The van der Waals surface area contributed by atoms with E-state index in [1.807, 2.05) is 32.9 Å². The van der Waals surface area contributed by atoms with Gasteiger partial charge >= 0.3 is 0 Å². The summed E-state index contributed by atoms with van der Waals surface area (Å²) in [6.45, 7) is 9.58. The molecule has 0 fully saturated rings. The van der Waals surface area contributed by atoms with Gasteiger partial charge in [0.05, 0.1) is 15.7 Å². The molecule has 0 spiro atoms. The van der Waals surface area contributed by atoms with Gasteiger partial charge in [0.15, 0.2) is 0 Å². The van der Waals surface area contributed by atoms with Crippen LogP contribution in [-0.4, -0.2) is 13.9 Å². The van der Waals surface area contributed by atoms with Crippen LogP contribution in [0.1, 0.15) is 38.8 Å². The summed E-state index contributed by atoms with van der Waals surface area (Å²) in [4.78, 5) is 4.14. The van der Waals surface area contributed by atoms with Crippen LogP contribution in [0.5, 0.6) is 0 Å². The third-order valence-corrected chi connectivity index (χ3v) is 4.38. The number of rotatable bonds is 5. The molecule has 0 bridgehead atoms. The molecule has 1 rings (SSSR count). The summed E-state index contributed by atoms with van der Waals surface area (Å²) < 4.78 is 15.9. The molecule has 2 unspecified atom stereocenters. The molecule has 0 radical (unpaired) electrons. The predicted molar refractivity (Wildman–Crippen MR) is 80.5 cm³/mol. The fourth-order valence-electron chi connectivity index (χ4n) is 1.34. The number of nitrogens with zero attached hydrogens (tertiary/aromatic N) is 1. The number of nitrogens with one attached hydrogen (secondary N) is 1. The number of hydrogen-bond donors (Lipinski definition) is 1. The Morgan fingerprint density at radius 2 is 2.22 bits per heavy atom. The summed E-state index contributed by atoms with van der Waals surface area (Å²) >= 11 is 3.40. The molecule has 0 amide bonds.